The highest BCUT2D eigenvalue weighted by Gasteiger charge is 2.13. The van der Waals surface area contributed by atoms with Gasteiger partial charge in [-0.2, -0.15) is 0 Å². The van der Waals surface area contributed by atoms with Gasteiger partial charge in [-0.3, -0.25) is 9.59 Å². The molecule has 0 spiro atoms. The number of amides is 2. The maximum atomic E-state index is 12.3. The summed E-state index contributed by atoms with van der Waals surface area (Å²) in [6.07, 6.45) is 3.59. The molecule has 0 bridgehead atoms. The Morgan fingerprint density at radius 1 is 1.17 bits per heavy atom. The molecule has 7 heteroatoms. The SMILES string of the molecule is CCCCCC(=O)NCCNC(=O)c1csc(COc2cc(C)ccc2C(C)C)n1. The third kappa shape index (κ3) is 7.78. The number of aromatic nitrogens is 1. The maximum absolute atomic E-state index is 12.3. The van der Waals surface area contributed by atoms with Crippen molar-refractivity contribution in [3.63, 3.8) is 0 Å². The van der Waals surface area contributed by atoms with Crippen LogP contribution in [-0.2, 0) is 11.4 Å². The summed E-state index contributed by atoms with van der Waals surface area (Å²) in [6, 6.07) is 6.22. The lowest BCUT2D eigenvalue weighted by Gasteiger charge is -2.14. The second-order valence-electron chi connectivity index (χ2n) is 7.67. The molecule has 0 fully saturated rings. The van der Waals surface area contributed by atoms with Crippen molar-refractivity contribution in [3.05, 3.63) is 45.4 Å². The molecule has 30 heavy (non-hydrogen) atoms. The summed E-state index contributed by atoms with van der Waals surface area (Å²) in [7, 11) is 0. The first kappa shape index (κ1) is 23.9. The van der Waals surface area contributed by atoms with Gasteiger partial charge in [0, 0.05) is 24.9 Å². The number of carbonyl (C=O) groups is 2. The molecule has 2 aromatic rings. The number of hydrogen-bond acceptors (Lipinski definition) is 5. The number of benzene rings is 1. The zero-order valence-corrected chi connectivity index (χ0v) is 19.2. The van der Waals surface area contributed by atoms with E-state index in [4.69, 9.17) is 4.74 Å². The van der Waals surface area contributed by atoms with Gasteiger partial charge < -0.3 is 15.4 Å². The standard InChI is InChI=1S/C23H33N3O3S/c1-5-6-7-8-21(27)24-11-12-25-23(28)19-15-30-22(26-19)14-29-20-13-17(4)9-10-18(20)16(2)3/h9-10,13,15-16H,5-8,11-12,14H2,1-4H3,(H,24,27)(H,25,28). The van der Waals surface area contributed by atoms with E-state index in [-0.39, 0.29) is 11.8 Å². The highest BCUT2D eigenvalue weighted by Crippen LogP contribution is 2.28. The van der Waals surface area contributed by atoms with Gasteiger partial charge >= 0.3 is 0 Å². The number of rotatable bonds is 12. The molecule has 1 aromatic heterocycles. The Kier molecular flexibility index (Phi) is 9.80. The average Bonchev–Trinajstić information content (AvgIpc) is 3.18. The molecule has 0 unspecified atom stereocenters. The molecule has 164 valence electrons. The summed E-state index contributed by atoms with van der Waals surface area (Å²) in [6.45, 7) is 9.54. The van der Waals surface area contributed by atoms with Gasteiger partial charge in [0.25, 0.3) is 5.91 Å². The van der Waals surface area contributed by atoms with Gasteiger partial charge in [0.1, 0.15) is 23.1 Å². The van der Waals surface area contributed by atoms with E-state index in [1.807, 2.05) is 13.0 Å². The van der Waals surface area contributed by atoms with Crippen molar-refractivity contribution >= 4 is 23.2 Å². The summed E-state index contributed by atoms with van der Waals surface area (Å²) >= 11 is 1.40. The van der Waals surface area contributed by atoms with E-state index in [1.54, 1.807) is 5.38 Å². The number of nitrogens with one attached hydrogen (secondary N) is 2. The molecule has 0 radical (unpaired) electrons. The fourth-order valence-electron chi connectivity index (χ4n) is 2.96. The van der Waals surface area contributed by atoms with Crippen molar-refractivity contribution in [2.75, 3.05) is 13.1 Å². The molecule has 0 aliphatic carbocycles. The number of unbranched alkanes of at least 4 members (excludes halogenated alkanes) is 2. The first-order valence-corrected chi connectivity index (χ1v) is 11.5. The largest absolute Gasteiger partial charge is 0.486 e. The third-order valence-corrected chi connectivity index (χ3v) is 5.49. The minimum atomic E-state index is -0.240. The van der Waals surface area contributed by atoms with Crippen molar-refractivity contribution in [2.45, 2.75) is 65.9 Å². The number of ether oxygens (including phenoxy) is 1. The first-order chi connectivity index (χ1) is 14.4. The van der Waals surface area contributed by atoms with E-state index < -0.39 is 0 Å². The monoisotopic (exact) mass is 431 g/mol. The number of nitrogens with zero attached hydrogens (tertiary/aromatic N) is 1. The zero-order valence-electron chi connectivity index (χ0n) is 18.4. The Hall–Kier alpha value is -2.41. The summed E-state index contributed by atoms with van der Waals surface area (Å²) in [4.78, 5) is 28.3. The Labute approximate surface area is 183 Å². The van der Waals surface area contributed by atoms with Gasteiger partial charge in [-0.05, 0) is 36.5 Å². The van der Waals surface area contributed by atoms with Crippen LogP contribution in [0.2, 0.25) is 0 Å². The summed E-state index contributed by atoms with van der Waals surface area (Å²) in [5, 5.41) is 8.09. The lowest BCUT2D eigenvalue weighted by Crippen LogP contribution is -2.34. The van der Waals surface area contributed by atoms with Crippen LogP contribution in [0.25, 0.3) is 0 Å². The maximum Gasteiger partial charge on any atom is 0.270 e. The summed E-state index contributed by atoms with van der Waals surface area (Å²) in [5.74, 6) is 1.02. The van der Waals surface area contributed by atoms with Gasteiger partial charge in [0.2, 0.25) is 5.91 Å². The van der Waals surface area contributed by atoms with E-state index in [0.29, 0.717) is 37.7 Å². The second kappa shape index (κ2) is 12.3. The second-order valence-corrected chi connectivity index (χ2v) is 8.62. The van der Waals surface area contributed by atoms with Crippen molar-refractivity contribution < 1.29 is 14.3 Å². The molecule has 0 aliphatic heterocycles. The molecule has 2 amide bonds. The van der Waals surface area contributed by atoms with E-state index in [0.717, 1.165) is 41.1 Å². The first-order valence-electron chi connectivity index (χ1n) is 10.6. The van der Waals surface area contributed by atoms with E-state index in [2.05, 4.69) is 48.5 Å². The van der Waals surface area contributed by atoms with Crippen LogP contribution in [0.1, 0.15) is 79.0 Å². The lowest BCUT2D eigenvalue weighted by molar-refractivity contribution is -0.121. The van der Waals surface area contributed by atoms with Crippen LogP contribution in [0.4, 0.5) is 0 Å². The normalized spacial score (nSPS) is 10.8. The van der Waals surface area contributed by atoms with Crippen LogP contribution < -0.4 is 15.4 Å². The Morgan fingerprint density at radius 2 is 1.93 bits per heavy atom. The van der Waals surface area contributed by atoms with Gasteiger partial charge in [-0.1, -0.05) is 45.7 Å². The minimum Gasteiger partial charge on any atom is -0.486 e. The van der Waals surface area contributed by atoms with Gasteiger partial charge in [-0.15, -0.1) is 11.3 Å². The third-order valence-electron chi connectivity index (χ3n) is 4.67. The number of hydrogen-bond donors (Lipinski definition) is 2. The molecular weight excluding hydrogens is 398 g/mol. The molecule has 0 aliphatic rings. The van der Waals surface area contributed by atoms with Gasteiger partial charge in [0.15, 0.2) is 0 Å². The molecule has 2 rings (SSSR count). The smallest absolute Gasteiger partial charge is 0.270 e. The zero-order chi connectivity index (χ0) is 21.9. The molecule has 1 aromatic carbocycles. The van der Waals surface area contributed by atoms with Crippen LogP contribution in [-0.4, -0.2) is 29.9 Å². The quantitative estimate of drug-likeness (QED) is 0.482. The molecule has 0 atom stereocenters. The number of aryl methyl sites for hydroxylation is 1. The summed E-state index contributed by atoms with van der Waals surface area (Å²) < 4.78 is 5.99. The van der Waals surface area contributed by atoms with Crippen molar-refractivity contribution in [2.24, 2.45) is 0 Å². The number of carbonyl (C=O) groups excluding carboxylic acids is 2. The van der Waals surface area contributed by atoms with Crippen molar-refractivity contribution in [3.8, 4) is 5.75 Å². The Bertz CT molecular complexity index is 833. The van der Waals surface area contributed by atoms with Crippen LogP contribution in [0.15, 0.2) is 23.6 Å². The van der Waals surface area contributed by atoms with Crippen LogP contribution in [0.5, 0.6) is 5.75 Å². The summed E-state index contributed by atoms with van der Waals surface area (Å²) in [5.41, 5.74) is 2.68. The predicted molar refractivity (Wildman–Crippen MR) is 121 cm³/mol. The highest BCUT2D eigenvalue weighted by atomic mass is 32.1. The average molecular weight is 432 g/mol. The molecule has 2 N–H and O–H groups in total. The van der Waals surface area contributed by atoms with Crippen molar-refractivity contribution in [1.82, 2.24) is 15.6 Å². The highest BCUT2D eigenvalue weighted by molar-refractivity contribution is 7.09. The van der Waals surface area contributed by atoms with Crippen LogP contribution >= 0.6 is 11.3 Å². The molecular formula is C23H33N3O3S. The van der Waals surface area contributed by atoms with E-state index >= 15 is 0 Å². The van der Waals surface area contributed by atoms with Crippen molar-refractivity contribution in [1.29, 1.82) is 0 Å². The molecule has 6 nitrogen and oxygen atoms in total. The fraction of sp³-hybridized carbons (Fsp3) is 0.522. The number of thiazole rings is 1. The minimum absolute atomic E-state index is 0.0303. The predicted octanol–water partition coefficient (Wildman–Crippen LogP) is 4.58. The van der Waals surface area contributed by atoms with Crippen LogP contribution in [0.3, 0.4) is 0 Å². The molecule has 0 saturated heterocycles. The molecule has 0 saturated carbocycles. The van der Waals surface area contributed by atoms with Gasteiger partial charge in [0.05, 0.1) is 0 Å². The fourth-order valence-corrected chi connectivity index (χ4v) is 3.64. The Morgan fingerprint density at radius 3 is 2.67 bits per heavy atom. The van der Waals surface area contributed by atoms with Crippen LogP contribution in [0, 0.1) is 6.92 Å². The Balaban J connectivity index is 1.77. The van der Waals surface area contributed by atoms with E-state index in [1.165, 1.54) is 11.3 Å². The lowest BCUT2D eigenvalue weighted by atomic mass is 10.0. The topological polar surface area (TPSA) is 80.3 Å². The van der Waals surface area contributed by atoms with Gasteiger partial charge in [-0.25, -0.2) is 4.98 Å². The van der Waals surface area contributed by atoms with E-state index in [9.17, 15) is 9.59 Å². The molecule has 1 heterocycles.